The lowest BCUT2D eigenvalue weighted by Gasteiger charge is -1.97. The van der Waals surface area contributed by atoms with E-state index in [-0.39, 0.29) is 5.78 Å². The molecule has 0 bridgehead atoms. The van der Waals surface area contributed by atoms with Crippen LogP contribution in [0.4, 0.5) is 0 Å². The minimum Gasteiger partial charge on any atom is -0.289 e. The number of ketones is 1. The molecule has 1 aromatic rings. The van der Waals surface area contributed by atoms with Crippen molar-refractivity contribution in [1.29, 1.82) is 0 Å². The van der Waals surface area contributed by atoms with Crippen LogP contribution in [0.5, 0.6) is 0 Å². The van der Waals surface area contributed by atoms with E-state index in [1.807, 2.05) is 50.3 Å². The van der Waals surface area contributed by atoms with Crippen LogP contribution in [0.1, 0.15) is 32.3 Å². The van der Waals surface area contributed by atoms with Crippen LogP contribution >= 0.6 is 0 Å². The topological polar surface area (TPSA) is 17.1 Å². The summed E-state index contributed by atoms with van der Waals surface area (Å²) in [7, 11) is 0. The van der Waals surface area contributed by atoms with E-state index in [9.17, 15) is 4.79 Å². The second-order valence-corrected chi connectivity index (χ2v) is 4.39. The number of hydrogen-bond acceptors (Lipinski definition) is 1. The molecule has 2 rings (SSSR count). The van der Waals surface area contributed by atoms with Gasteiger partial charge in [-0.05, 0) is 43.9 Å². The summed E-state index contributed by atoms with van der Waals surface area (Å²) in [5.41, 5.74) is 4.21. The maximum absolute atomic E-state index is 12.0. The van der Waals surface area contributed by atoms with E-state index in [0.29, 0.717) is 0 Å². The molecule has 0 atom stereocenters. The van der Waals surface area contributed by atoms with Crippen molar-refractivity contribution in [1.82, 2.24) is 0 Å². The fourth-order valence-corrected chi connectivity index (χ4v) is 2.05. The van der Waals surface area contributed by atoms with Gasteiger partial charge in [0.1, 0.15) is 0 Å². The first-order valence-electron chi connectivity index (χ1n) is 5.65. The average Bonchev–Trinajstić information content (AvgIpc) is 2.62. The minimum absolute atomic E-state index is 0.240. The van der Waals surface area contributed by atoms with Crippen LogP contribution in [-0.2, 0) is 4.79 Å². The van der Waals surface area contributed by atoms with E-state index in [4.69, 9.17) is 0 Å². The van der Waals surface area contributed by atoms with Crippen LogP contribution in [-0.4, -0.2) is 5.78 Å². The zero-order chi connectivity index (χ0) is 11.5. The molecule has 1 fully saturated rings. The van der Waals surface area contributed by atoms with Crippen molar-refractivity contribution in [2.24, 2.45) is 0 Å². The highest BCUT2D eigenvalue weighted by Crippen LogP contribution is 2.29. The van der Waals surface area contributed by atoms with Crippen molar-refractivity contribution in [2.45, 2.75) is 26.7 Å². The van der Waals surface area contributed by atoms with E-state index in [1.165, 1.54) is 0 Å². The highest BCUT2D eigenvalue weighted by Gasteiger charge is 2.23. The monoisotopic (exact) mass is 212 g/mol. The minimum atomic E-state index is 0.240. The SMILES string of the molecule is CC(C)=C1CC/C(=C\c2ccccc2)C1=O. The number of carbonyl (C=O) groups is 1. The average molecular weight is 212 g/mol. The van der Waals surface area contributed by atoms with E-state index in [0.717, 1.165) is 35.1 Å². The molecule has 0 spiro atoms. The fourth-order valence-electron chi connectivity index (χ4n) is 2.05. The number of rotatable bonds is 1. The lowest BCUT2D eigenvalue weighted by molar-refractivity contribution is -0.111. The van der Waals surface area contributed by atoms with Gasteiger partial charge in [0.15, 0.2) is 5.78 Å². The summed E-state index contributed by atoms with van der Waals surface area (Å²) in [6.45, 7) is 4.03. The zero-order valence-electron chi connectivity index (χ0n) is 9.79. The Hall–Kier alpha value is -1.63. The van der Waals surface area contributed by atoms with Gasteiger partial charge in [-0.2, -0.15) is 0 Å². The van der Waals surface area contributed by atoms with Gasteiger partial charge in [0.25, 0.3) is 0 Å². The van der Waals surface area contributed by atoms with Gasteiger partial charge >= 0.3 is 0 Å². The maximum Gasteiger partial charge on any atom is 0.184 e. The summed E-state index contributed by atoms with van der Waals surface area (Å²) in [5, 5.41) is 0. The number of Topliss-reactive ketones (excluding diaryl/α,β-unsaturated/α-hetero) is 1. The Balaban J connectivity index is 2.29. The summed E-state index contributed by atoms with van der Waals surface area (Å²) < 4.78 is 0. The molecule has 0 saturated heterocycles. The summed E-state index contributed by atoms with van der Waals surface area (Å²) in [6, 6.07) is 10.0. The molecular weight excluding hydrogens is 196 g/mol. The Morgan fingerprint density at radius 2 is 1.81 bits per heavy atom. The first-order valence-corrected chi connectivity index (χ1v) is 5.65. The van der Waals surface area contributed by atoms with Gasteiger partial charge in [-0.3, -0.25) is 4.79 Å². The quantitative estimate of drug-likeness (QED) is 0.648. The second-order valence-electron chi connectivity index (χ2n) is 4.39. The largest absolute Gasteiger partial charge is 0.289 e. The van der Waals surface area contributed by atoms with Gasteiger partial charge in [-0.15, -0.1) is 0 Å². The second kappa shape index (κ2) is 4.48. The van der Waals surface area contributed by atoms with E-state index in [1.54, 1.807) is 0 Å². The van der Waals surface area contributed by atoms with Gasteiger partial charge in [0.05, 0.1) is 0 Å². The van der Waals surface area contributed by atoms with Crippen LogP contribution in [0, 0.1) is 0 Å². The first-order chi connectivity index (χ1) is 7.68. The van der Waals surface area contributed by atoms with Gasteiger partial charge in [-0.25, -0.2) is 0 Å². The molecule has 0 aromatic heterocycles. The third-order valence-electron chi connectivity index (χ3n) is 2.95. The number of carbonyl (C=O) groups excluding carboxylic acids is 1. The third-order valence-corrected chi connectivity index (χ3v) is 2.95. The summed E-state index contributed by atoms with van der Waals surface area (Å²) in [6.07, 6.45) is 3.80. The van der Waals surface area contributed by atoms with Crippen LogP contribution in [0.25, 0.3) is 6.08 Å². The van der Waals surface area contributed by atoms with E-state index in [2.05, 4.69) is 0 Å². The number of benzene rings is 1. The van der Waals surface area contributed by atoms with Crippen molar-refractivity contribution < 1.29 is 4.79 Å². The van der Waals surface area contributed by atoms with Crippen LogP contribution in [0.2, 0.25) is 0 Å². The summed E-state index contributed by atoms with van der Waals surface area (Å²) in [4.78, 5) is 12.0. The zero-order valence-corrected chi connectivity index (χ0v) is 9.79. The maximum atomic E-state index is 12.0. The smallest absolute Gasteiger partial charge is 0.184 e. The lowest BCUT2D eigenvalue weighted by atomic mass is 10.1. The van der Waals surface area contributed by atoms with Crippen LogP contribution in [0.3, 0.4) is 0 Å². The summed E-state index contributed by atoms with van der Waals surface area (Å²) in [5.74, 6) is 0.240. The van der Waals surface area contributed by atoms with Crippen molar-refractivity contribution in [2.75, 3.05) is 0 Å². The Kier molecular flexibility index (Phi) is 3.04. The van der Waals surface area contributed by atoms with Crippen molar-refractivity contribution >= 4 is 11.9 Å². The molecule has 82 valence electrons. The molecule has 1 saturated carbocycles. The molecule has 0 unspecified atom stereocenters. The van der Waals surface area contributed by atoms with Gasteiger partial charge < -0.3 is 0 Å². The molecule has 0 amide bonds. The van der Waals surface area contributed by atoms with Crippen LogP contribution in [0.15, 0.2) is 47.1 Å². The molecule has 1 aliphatic carbocycles. The van der Waals surface area contributed by atoms with E-state index < -0.39 is 0 Å². The third kappa shape index (κ3) is 2.13. The lowest BCUT2D eigenvalue weighted by Crippen LogP contribution is -1.97. The number of allylic oxidation sites excluding steroid dienone is 3. The van der Waals surface area contributed by atoms with Gasteiger partial charge in [-0.1, -0.05) is 35.9 Å². The molecule has 1 heteroatoms. The highest BCUT2D eigenvalue weighted by molar-refractivity contribution is 6.13. The summed E-state index contributed by atoms with van der Waals surface area (Å²) >= 11 is 0. The molecule has 0 N–H and O–H groups in total. The predicted molar refractivity (Wildman–Crippen MR) is 67.0 cm³/mol. The normalized spacial score (nSPS) is 18.2. The Labute approximate surface area is 96.5 Å². The predicted octanol–water partition coefficient (Wildman–Crippen LogP) is 3.77. The Morgan fingerprint density at radius 3 is 2.38 bits per heavy atom. The molecule has 0 radical (unpaired) electrons. The van der Waals surface area contributed by atoms with E-state index >= 15 is 0 Å². The van der Waals surface area contributed by atoms with Crippen molar-refractivity contribution in [3.8, 4) is 0 Å². The Morgan fingerprint density at radius 1 is 1.12 bits per heavy atom. The molecule has 1 aliphatic rings. The molecule has 16 heavy (non-hydrogen) atoms. The standard InChI is InChI=1S/C15H16O/c1-11(2)14-9-8-13(15(14)16)10-12-6-4-3-5-7-12/h3-7,10H,8-9H2,1-2H3/b13-10+. The Bertz CT molecular complexity index is 459. The molecule has 1 nitrogen and oxygen atoms in total. The van der Waals surface area contributed by atoms with Crippen molar-refractivity contribution in [3.05, 3.63) is 52.6 Å². The van der Waals surface area contributed by atoms with Gasteiger partial charge in [0.2, 0.25) is 0 Å². The molecule has 0 heterocycles. The number of hydrogen-bond donors (Lipinski definition) is 0. The molecule has 1 aromatic carbocycles. The van der Waals surface area contributed by atoms with Crippen molar-refractivity contribution in [3.63, 3.8) is 0 Å². The molecule has 0 aliphatic heterocycles. The molecular formula is C15H16O. The van der Waals surface area contributed by atoms with Crippen LogP contribution < -0.4 is 0 Å². The first kappa shape index (κ1) is 10.9. The fraction of sp³-hybridized carbons (Fsp3) is 0.267. The van der Waals surface area contributed by atoms with Gasteiger partial charge in [0, 0.05) is 5.57 Å². The highest BCUT2D eigenvalue weighted by atomic mass is 16.1.